The molecule has 2 atom stereocenters. The van der Waals surface area contributed by atoms with Crippen LogP contribution in [-0.2, 0) is 9.59 Å². The maximum Gasteiger partial charge on any atom is 0.341 e. The second-order valence-corrected chi connectivity index (χ2v) is 2.19. The second kappa shape index (κ2) is 3.48. The highest BCUT2D eigenvalue weighted by Gasteiger charge is 2.46. The van der Waals surface area contributed by atoms with Crippen molar-refractivity contribution in [1.82, 2.24) is 0 Å². The fourth-order valence-electron chi connectivity index (χ4n) is 0.506. The number of rotatable bonds is 4. The maximum absolute atomic E-state index is 10.2. The van der Waals surface area contributed by atoms with Crippen LogP contribution in [0, 0.1) is 0 Å². The van der Waals surface area contributed by atoms with Gasteiger partial charge in [0.25, 0.3) is 0 Å². The SMILES string of the molecule is NC(=O)C(O)C(O)(CO)C(=O)O. The van der Waals surface area contributed by atoms with Gasteiger partial charge in [0.15, 0.2) is 6.10 Å². The van der Waals surface area contributed by atoms with Crippen molar-refractivity contribution in [2.24, 2.45) is 5.73 Å². The average Bonchev–Trinajstić information content (AvgIpc) is 2.01. The lowest BCUT2D eigenvalue weighted by atomic mass is 9.97. The molecule has 0 radical (unpaired) electrons. The summed E-state index contributed by atoms with van der Waals surface area (Å²) >= 11 is 0. The Balaban J connectivity index is 4.75. The Labute approximate surface area is 67.0 Å². The molecule has 0 saturated carbocycles. The molecule has 2 unspecified atom stereocenters. The van der Waals surface area contributed by atoms with Gasteiger partial charge in [-0.05, 0) is 0 Å². The van der Waals surface area contributed by atoms with Gasteiger partial charge in [-0.25, -0.2) is 4.79 Å². The molecule has 7 heteroatoms. The Bertz CT molecular complexity index is 204. The zero-order valence-electron chi connectivity index (χ0n) is 5.97. The topological polar surface area (TPSA) is 141 Å². The molecule has 0 aromatic heterocycles. The zero-order chi connectivity index (χ0) is 9.94. The van der Waals surface area contributed by atoms with Gasteiger partial charge >= 0.3 is 5.97 Å². The van der Waals surface area contributed by atoms with E-state index in [-0.39, 0.29) is 0 Å². The van der Waals surface area contributed by atoms with Crippen molar-refractivity contribution in [2.45, 2.75) is 11.7 Å². The van der Waals surface area contributed by atoms with Gasteiger partial charge in [0.05, 0.1) is 6.61 Å². The van der Waals surface area contributed by atoms with Crippen LogP contribution >= 0.6 is 0 Å². The van der Waals surface area contributed by atoms with E-state index in [0.717, 1.165) is 0 Å². The van der Waals surface area contributed by atoms with Crippen molar-refractivity contribution in [3.63, 3.8) is 0 Å². The van der Waals surface area contributed by atoms with Crippen LogP contribution < -0.4 is 5.73 Å². The fraction of sp³-hybridized carbons (Fsp3) is 0.600. The Morgan fingerprint density at radius 3 is 2.00 bits per heavy atom. The lowest BCUT2D eigenvalue weighted by Crippen LogP contribution is -2.57. The summed E-state index contributed by atoms with van der Waals surface area (Å²) in [5.74, 6) is -3.34. The minimum absolute atomic E-state index is 1.30. The highest BCUT2D eigenvalue weighted by Crippen LogP contribution is 2.09. The minimum atomic E-state index is -2.92. The predicted molar refractivity (Wildman–Crippen MR) is 34.9 cm³/mol. The molecule has 0 aliphatic rings. The highest BCUT2D eigenvalue weighted by atomic mass is 16.4. The van der Waals surface area contributed by atoms with Gasteiger partial charge in [0.1, 0.15) is 0 Å². The molecule has 70 valence electrons. The van der Waals surface area contributed by atoms with Gasteiger partial charge in [-0.2, -0.15) is 0 Å². The van der Waals surface area contributed by atoms with Crippen LogP contribution in [-0.4, -0.2) is 50.6 Å². The number of carbonyl (C=O) groups is 2. The van der Waals surface area contributed by atoms with Gasteiger partial charge in [-0.3, -0.25) is 4.79 Å². The third kappa shape index (κ3) is 1.70. The van der Waals surface area contributed by atoms with Crippen LogP contribution in [0.1, 0.15) is 0 Å². The van der Waals surface area contributed by atoms with Crippen molar-refractivity contribution in [3.8, 4) is 0 Å². The molecular weight excluding hydrogens is 170 g/mol. The van der Waals surface area contributed by atoms with Crippen LogP contribution in [0.3, 0.4) is 0 Å². The van der Waals surface area contributed by atoms with E-state index >= 15 is 0 Å². The van der Waals surface area contributed by atoms with Crippen molar-refractivity contribution < 1.29 is 30.0 Å². The summed E-state index contributed by atoms with van der Waals surface area (Å²) in [7, 11) is 0. The molecule has 0 heterocycles. The van der Waals surface area contributed by atoms with Crippen LogP contribution in [0.4, 0.5) is 0 Å². The molecule has 0 spiro atoms. The van der Waals surface area contributed by atoms with E-state index in [1.54, 1.807) is 0 Å². The summed E-state index contributed by atoms with van der Waals surface area (Å²) in [5, 5.41) is 34.3. The molecule has 0 aliphatic heterocycles. The first kappa shape index (κ1) is 10.8. The zero-order valence-corrected chi connectivity index (χ0v) is 5.97. The van der Waals surface area contributed by atoms with Crippen molar-refractivity contribution in [3.05, 3.63) is 0 Å². The first-order chi connectivity index (χ1) is 5.36. The van der Waals surface area contributed by atoms with E-state index in [4.69, 9.17) is 20.4 Å². The Morgan fingerprint density at radius 2 is 1.92 bits per heavy atom. The first-order valence-electron chi connectivity index (χ1n) is 2.90. The summed E-state index contributed by atoms with van der Waals surface area (Å²) in [6.45, 7) is -1.30. The molecule has 0 fully saturated rings. The minimum Gasteiger partial charge on any atom is -0.479 e. The number of aliphatic hydroxyl groups is 3. The number of carboxylic acid groups (broad SMARTS) is 1. The molecule has 1 amide bonds. The lowest BCUT2D eigenvalue weighted by Gasteiger charge is -2.23. The Morgan fingerprint density at radius 1 is 1.50 bits per heavy atom. The first-order valence-corrected chi connectivity index (χ1v) is 2.90. The highest BCUT2D eigenvalue weighted by molar-refractivity contribution is 5.89. The van der Waals surface area contributed by atoms with E-state index in [2.05, 4.69) is 5.73 Å². The quantitative estimate of drug-likeness (QED) is 0.305. The number of aliphatic hydroxyl groups excluding tert-OH is 2. The van der Waals surface area contributed by atoms with Crippen LogP contribution in [0.2, 0.25) is 0 Å². The molecule has 12 heavy (non-hydrogen) atoms. The summed E-state index contributed by atoms with van der Waals surface area (Å²) in [6.07, 6.45) is -2.33. The molecule has 0 rings (SSSR count). The number of nitrogens with two attached hydrogens (primary N) is 1. The van der Waals surface area contributed by atoms with E-state index in [1.807, 2.05) is 0 Å². The molecular formula is C5H9NO6. The third-order valence-electron chi connectivity index (χ3n) is 1.33. The maximum atomic E-state index is 10.2. The second-order valence-electron chi connectivity index (χ2n) is 2.19. The normalized spacial score (nSPS) is 17.9. The number of aliphatic carboxylic acids is 1. The molecule has 0 bridgehead atoms. The van der Waals surface area contributed by atoms with E-state index in [0.29, 0.717) is 0 Å². The number of hydrogen-bond acceptors (Lipinski definition) is 5. The van der Waals surface area contributed by atoms with Crippen LogP contribution in [0.25, 0.3) is 0 Å². The van der Waals surface area contributed by atoms with E-state index in [1.165, 1.54) is 0 Å². The van der Waals surface area contributed by atoms with Gasteiger partial charge in [-0.15, -0.1) is 0 Å². The lowest BCUT2D eigenvalue weighted by molar-refractivity contribution is -0.181. The monoisotopic (exact) mass is 179 g/mol. The summed E-state index contributed by atoms with van der Waals surface area (Å²) < 4.78 is 0. The van der Waals surface area contributed by atoms with Gasteiger partial charge in [0.2, 0.25) is 11.5 Å². The summed E-state index contributed by atoms with van der Waals surface area (Å²) in [4.78, 5) is 20.5. The van der Waals surface area contributed by atoms with E-state index in [9.17, 15) is 9.59 Å². The van der Waals surface area contributed by atoms with Crippen LogP contribution in [0.15, 0.2) is 0 Å². The average molecular weight is 179 g/mol. The molecule has 0 aliphatic carbocycles. The summed E-state index contributed by atoms with van der Waals surface area (Å²) in [6, 6.07) is 0. The third-order valence-corrected chi connectivity index (χ3v) is 1.33. The molecule has 6 N–H and O–H groups in total. The van der Waals surface area contributed by atoms with E-state index < -0.39 is 30.2 Å². The standard InChI is InChI=1S/C5H9NO6/c6-3(9)2(8)5(12,1-7)4(10)11/h2,7-8,12H,1H2,(H2,6,9)(H,10,11). The molecule has 0 aromatic carbocycles. The van der Waals surface area contributed by atoms with Crippen molar-refractivity contribution >= 4 is 11.9 Å². The van der Waals surface area contributed by atoms with Crippen molar-refractivity contribution in [1.29, 1.82) is 0 Å². The Kier molecular flexibility index (Phi) is 3.14. The van der Waals surface area contributed by atoms with Gasteiger partial charge < -0.3 is 26.2 Å². The predicted octanol–water partition coefficient (Wildman–Crippen LogP) is -3.36. The smallest absolute Gasteiger partial charge is 0.341 e. The Hall–Kier alpha value is -1.18. The number of primary amides is 1. The number of carbonyl (C=O) groups excluding carboxylic acids is 1. The number of amides is 1. The molecule has 0 aromatic rings. The van der Waals surface area contributed by atoms with Crippen LogP contribution in [0.5, 0.6) is 0 Å². The molecule has 7 nitrogen and oxygen atoms in total. The number of carboxylic acids is 1. The number of hydrogen-bond donors (Lipinski definition) is 5. The van der Waals surface area contributed by atoms with Gasteiger partial charge in [0, 0.05) is 0 Å². The largest absolute Gasteiger partial charge is 0.479 e. The fourth-order valence-corrected chi connectivity index (χ4v) is 0.506. The summed E-state index contributed by atoms with van der Waals surface area (Å²) in [5.41, 5.74) is 1.59. The van der Waals surface area contributed by atoms with Gasteiger partial charge in [-0.1, -0.05) is 0 Å². The molecule has 0 saturated heterocycles. The van der Waals surface area contributed by atoms with Crippen molar-refractivity contribution in [2.75, 3.05) is 6.61 Å².